The van der Waals surface area contributed by atoms with Gasteiger partial charge in [-0.2, -0.15) is 0 Å². The Hall–Kier alpha value is -3.61. The first-order valence-corrected chi connectivity index (χ1v) is 9.03. The van der Waals surface area contributed by atoms with Crippen molar-refractivity contribution in [2.45, 2.75) is 20.8 Å². The van der Waals surface area contributed by atoms with E-state index >= 15 is 0 Å². The molecular weight excluding hydrogens is 372 g/mol. The van der Waals surface area contributed by atoms with Crippen LogP contribution >= 0.6 is 0 Å². The monoisotopic (exact) mass is 394 g/mol. The summed E-state index contributed by atoms with van der Waals surface area (Å²) in [5.74, 6) is 1.09. The lowest BCUT2D eigenvalue weighted by molar-refractivity contribution is -0.136. The van der Waals surface area contributed by atoms with Crippen LogP contribution in [0.25, 0.3) is 11.9 Å². The first-order valence-electron chi connectivity index (χ1n) is 9.03. The summed E-state index contributed by atoms with van der Waals surface area (Å²) in [6.07, 6.45) is 2.89. The molecule has 0 aliphatic rings. The molecule has 0 aliphatic carbocycles. The fourth-order valence-electron chi connectivity index (χ4n) is 3.03. The van der Waals surface area contributed by atoms with Crippen molar-refractivity contribution in [3.05, 3.63) is 70.7 Å². The largest absolute Gasteiger partial charge is 0.497 e. The van der Waals surface area contributed by atoms with Crippen LogP contribution in [0.4, 0.5) is 0 Å². The van der Waals surface area contributed by atoms with Crippen molar-refractivity contribution < 1.29 is 23.6 Å². The van der Waals surface area contributed by atoms with Crippen molar-refractivity contribution >= 4 is 17.8 Å². The number of hydrogen-bond donors (Lipinski definition) is 0. The zero-order valence-corrected chi connectivity index (χ0v) is 16.8. The molecule has 2 aromatic heterocycles. The lowest BCUT2D eigenvalue weighted by Crippen LogP contribution is -2.13. The van der Waals surface area contributed by atoms with Gasteiger partial charge in [0.05, 0.1) is 7.11 Å². The number of carbonyl (C=O) groups excluding carboxylic acids is 2. The Bertz CT molecular complexity index is 1070. The van der Waals surface area contributed by atoms with Crippen LogP contribution in [0.5, 0.6) is 5.75 Å². The maximum atomic E-state index is 12.6. The Morgan fingerprint density at radius 3 is 2.66 bits per heavy atom. The number of nitrogens with zero attached hydrogens (tertiary/aromatic N) is 2. The molecule has 0 unspecified atom stereocenters. The summed E-state index contributed by atoms with van der Waals surface area (Å²) in [5, 5.41) is 3.99. The molecule has 0 N–H and O–H groups in total. The zero-order valence-electron chi connectivity index (χ0n) is 16.8. The minimum atomic E-state index is -0.595. The van der Waals surface area contributed by atoms with Crippen molar-refractivity contribution in [1.29, 1.82) is 0 Å². The molecule has 2 heterocycles. The third-order valence-electron chi connectivity index (χ3n) is 4.43. The van der Waals surface area contributed by atoms with Crippen molar-refractivity contribution in [2.24, 2.45) is 0 Å². The number of Topliss-reactive ketones (excluding diaryl/α,β-unsaturated/α-hetero) is 1. The summed E-state index contributed by atoms with van der Waals surface area (Å²) in [6.45, 7) is 5.14. The summed E-state index contributed by atoms with van der Waals surface area (Å²) in [4.78, 5) is 24.5. The van der Waals surface area contributed by atoms with E-state index in [-0.39, 0.29) is 12.4 Å². The average molecular weight is 394 g/mol. The second kappa shape index (κ2) is 8.60. The summed E-state index contributed by atoms with van der Waals surface area (Å²) in [7, 11) is 1.57. The van der Waals surface area contributed by atoms with Crippen LogP contribution < -0.4 is 4.74 Å². The van der Waals surface area contributed by atoms with Crippen LogP contribution in [-0.2, 0) is 9.53 Å². The topological polar surface area (TPSA) is 83.6 Å². The Balaban J connectivity index is 1.65. The molecule has 0 bridgehead atoms. The number of esters is 1. The molecule has 29 heavy (non-hydrogen) atoms. The van der Waals surface area contributed by atoms with E-state index in [1.807, 2.05) is 36.6 Å². The first kappa shape index (κ1) is 20.1. The van der Waals surface area contributed by atoms with E-state index in [0.717, 1.165) is 11.3 Å². The standard InChI is InChI=1S/C22H22N2O5/c1-14-10-19(16(3)24(14)21-11-15(2)29-23-21)20(25)13-28-22(26)9-8-17-6-5-7-18(12-17)27-4/h5-12H,13H2,1-4H3/b9-8+. The Morgan fingerprint density at radius 2 is 1.97 bits per heavy atom. The van der Waals surface area contributed by atoms with Crippen LogP contribution in [0, 0.1) is 20.8 Å². The van der Waals surface area contributed by atoms with E-state index in [4.69, 9.17) is 14.0 Å². The smallest absolute Gasteiger partial charge is 0.331 e. The maximum Gasteiger partial charge on any atom is 0.331 e. The molecule has 0 amide bonds. The SMILES string of the molecule is COc1cccc(/C=C/C(=O)OCC(=O)c2cc(C)n(-c3cc(C)on3)c2C)c1. The Kier molecular flexibility index (Phi) is 5.97. The Morgan fingerprint density at radius 1 is 1.17 bits per heavy atom. The number of carbonyl (C=O) groups is 2. The number of ether oxygens (including phenoxy) is 2. The van der Waals surface area contributed by atoms with Gasteiger partial charge in [-0.3, -0.25) is 9.36 Å². The summed E-state index contributed by atoms with van der Waals surface area (Å²) in [6, 6.07) is 10.8. The van der Waals surface area contributed by atoms with Gasteiger partial charge in [-0.15, -0.1) is 0 Å². The first-order chi connectivity index (χ1) is 13.9. The normalized spacial score (nSPS) is 11.0. The van der Waals surface area contributed by atoms with Crippen molar-refractivity contribution in [3.8, 4) is 11.6 Å². The number of hydrogen-bond acceptors (Lipinski definition) is 6. The number of rotatable bonds is 7. The third kappa shape index (κ3) is 4.63. The average Bonchev–Trinajstić information content (AvgIpc) is 3.26. The second-order valence-electron chi connectivity index (χ2n) is 6.56. The predicted octanol–water partition coefficient (Wildman–Crippen LogP) is 3.84. The number of aromatic nitrogens is 2. The van der Waals surface area contributed by atoms with Crippen LogP contribution in [0.15, 0.2) is 47.0 Å². The van der Waals surface area contributed by atoms with Crippen LogP contribution in [0.1, 0.15) is 33.1 Å². The molecule has 7 nitrogen and oxygen atoms in total. The van der Waals surface area contributed by atoms with Crippen LogP contribution in [0.2, 0.25) is 0 Å². The van der Waals surface area contributed by atoms with Gasteiger partial charge in [0.2, 0.25) is 5.78 Å². The van der Waals surface area contributed by atoms with Gasteiger partial charge in [0.1, 0.15) is 11.5 Å². The molecule has 0 aliphatic heterocycles. The van der Waals surface area contributed by atoms with Gasteiger partial charge in [0, 0.05) is 29.1 Å². The molecule has 0 saturated carbocycles. The van der Waals surface area contributed by atoms with Gasteiger partial charge >= 0.3 is 5.97 Å². The van der Waals surface area contributed by atoms with E-state index in [1.165, 1.54) is 6.08 Å². The number of benzene rings is 1. The zero-order chi connectivity index (χ0) is 21.0. The molecule has 0 saturated heterocycles. The van der Waals surface area contributed by atoms with Gasteiger partial charge < -0.3 is 14.0 Å². The third-order valence-corrected chi connectivity index (χ3v) is 4.43. The van der Waals surface area contributed by atoms with Crippen molar-refractivity contribution in [1.82, 2.24) is 9.72 Å². The molecule has 150 valence electrons. The van der Waals surface area contributed by atoms with Gasteiger partial charge in [-0.25, -0.2) is 4.79 Å². The predicted molar refractivity (Wildman–Crippen MR) is 107 cm³/mol. The molecule has 0 fully saturated rings. The van der Waals surface area contributed by atoms with E-state index in [0.29, 0.717) is 28.6 Å². The molecular formula is C22H22N2O5. The lowest BCUT2D eigenvalue weighted by atomic mass is 10.1. The van der Waals surface area contributed by atoms with Gasteiger partial charge in [0.15, 0.2) is 12.4 Å². The Labute approximate surface area is 168 Å². The van der Waals surface area contributed by atoms with Crippen molar-refractivity contribution in [3.63, 3.8) is 0 Å². The molecule has 7 heteroatoms. The van der Waals surface area contributed by atoms with Gasteiger partial charge in [0.25, 0.3) is 0 Å². The lowest BCUT2D eigenvalue weighted by Gasteiger charge is -2.05. The maximum absolute atomic E-state index is 12.6. The quantitative estimate of drug-likeness (QED) is 0.344. The minimum absolute atomic E-state index is 0.285. The molecule has 3 rings (SSSR count). The minimum Gasteiger partial charge on any atom is -0.497 e. The highest BCUT2D eigenvalue weighted by atomic mass is 16.5. The summed E-state index contributed by atoms with van der Waals surface area (Å²) >= 11 is 0. The highest BCUT2D eigenvalue weighted by molar-refractivity contribution is 6.00. The molecule has 1 aromatic carbocycles. The highest BCUT2D eigenvalue weighted by Crippen LogP contribution is 2.21. The van der Waals surface area contributed by atoms with Crippen LogP contribution in [0.3, 0.4) is 0 Å². The van der Waals surface area contributed by atoms with E-state index in [2.05, 4.69) is 5.16 Å². The van der Waals surface area contributed by atoms with Crippen LogP contribution in [-0.4, -0.2) is 35.2 Å². The van der Waals surface area contributed by atoms with E-state index < -0.39 is 5.97 Å². The highest BCUT2D eigenvalue weighted by Gasteiger charge is 2.19. The van der Waals surface area contributed by atoms with Gasteiger partial charge in [-0.05, 0) is 50.6 Å². The fraction of sp³-hybridized carbons (Fsp3) is 0.227. The van der Waals surface area contributed by atoms with E-state index in [1.54, 1.807) is 38.3 Å². The van der Waals surface area contributed by atoms with Gasteiger partial charge in [-0.1, -0.05) is 17.3 Å². The molecule has 0 spiro atoms. The number of ketones is 1. The number of aryl methyl sites for hydroxylation is 2. The molecule has 0 atom stereocenters. The molecule has 0 radical (unpaired) electrons. The molecule has 3 aromatic rings. The fourth-order valence-corrected chi connectivity index (χ4v) is 3.03. The summed E-state index contributed by atoms with van der Waals surface area (Å²) in [5.41, 5.74) is 2.82. The van der Waals surface area contributed by atoms with Crippen molar-refractivity contribution in [2.75, 3.05) is 13.7 Å². The second-order valence-corrected chi connectivity index (χ2v) is 6.56. The van der Waals surface area contributed by atoms with E-state index in [9.17, 15) is 9.59 Å². The number of methoxy groups -OCH3 is 1. The summed E-state index contributed by atoms with van der Waals surface area (Å²) < 4.78 is 17.2.